The number of carbonyl (C=O) groups is 1. The van der Waals surface area contributed by atoms with Gasteiger partial charge in [-0.2, -0.15) is 0 Å². The van der Waals surface area contributed by atoms with Crippen LogP contribution >= 0.6 is 22.9 Å². The third-order valence-corrected chi connectivity index (χ3v) is 4.15. The Morgan fingerprint density at radius 3 is 2.75 bits per heavy atom. The Kier molecular flexibility index (Phi) is 4.15. The maximum absolute atomic E-state index is 12.3. The number of anilines is 3. The van der Waals surface area contributed by atoms with Gasteiger partial charge in [0.2, 0.25) is 0 Å². The van der Waals surface area contributed by atoms with E-state index in [0.717, 1.165) is 5.56 Å². The van der Waals surface area contributed by atoms with Crippen molar-refractivity contribution in [2.24, 2.45) is 0 Å². The molecule has 0 aliphatic rings. The van der Waals surface area contributed by atoms with E-state index in [1.165, 1.54) is 11.3 Å². The van der Waals surface area contributed by atoms with Gasteiger partial charge in [-0.1, -0.05) is 29.0 Å². The van der Waals surface area contributed by atoms with Crippen LogP contribution in [0.2, 0.25) is 5.02 Å². The molecule has 5 nitrogen and oxygen atoms in total. The Labute approximate surface area is 126 Å². The van der Waals surface area contributed by atoms with Gasteiger partial charge in [-0.3, -0.25) is 4.79 Å². The second-order valence-electron chi connectivity index (χ2n) is 4.52. The van der Waals surface area contributed by atoms with Crippen LogP contribution in [0.3, 0.4) is 0 Å². The molecule has 0 saturated carbocycles. The molecule has 1 aromatic carbocycles. The molecule has 0 radical (unpaired) electrons. The number of thiazole rings is 1. The van der Waals surface area contributed by atoms with E-state index in [2.05, 4.69) is 10.3 Å². The fourth-order valence-electron chi connectivity index (χ4n) is 1.58. The molecule has 2 rings (SSSR count). The van der Waals surface area contributed by atoms with Crippen LogP contribution in [0.1, 0.15) is 15.2 Å². The highest BCUT2D eigenvalue weighted by atomic mass is 35.5. The molecule has 0 spiro atoms. The Bertz CT molecular complexity index is 654. The Hall–Kier alpha value is -1.79. The average Bonchev–Trinajstić information content (AvgIpc) is 2.76. The summed E-state index contributed by atoms with van der Waals surface area (Å²) in [6.45, 7) is 1.90. The van der Waals surface area contributed by atoms with E-state index in [4.69, 9.17) is 17.3 Å². The van der Waals surface area contributed by atoms with Gasteiger partial charge in [0.1, 0.15) is 10.7 Å². The van der Waals surface area contributed by atoms with Gasteiger partial charge in [0.15, 0.2) is 5.13 Å². The monoisotopic (exact) mass is 310 g/mol. The van der Waals surface area contributed by atoms with Gasteiger partial charge in [0, 0.05) is 24.8 Å². The number of aromatic nitrogens is 1. The van der Waals surface area contributed by atoms with E-state index in [9.17, 15) is 4.79 Å². The molecule has 0 atom stereocenters. The van der Waals surface area contributed by atoms with Crippen LogP contribution in [0, 0.1) is 6.92 Å². The minimum absolute atomic E-state index is 0.232. The van der Waals surface area contributed by atoms with Gasteiger partial charge in [0.25, 0.3) is 5.91 Å². The highest BCUT2D eigenvalue weighted by Crippen LogP contribution is 2.28. The van der Waals surface area contributed by atoms with Crippen LogP contribution in [-0.2, 0) is 0 Å². The Morgan fingerprint density at radius 2 is 2.15 bits per heavy atom. The molecule has 20 heavy (non-hydrogen) atoms. The van der Waals surface area contributed by atoms with Crippen molar-refractivity contribution < 1.29 is 4.79 Å². The normalized spacial score (nSPS) is 10.4. The summed E-state index contributed by atoms with van der Waals surface area (Å²) in [5, 5.41) is 4.07. The summed E-state index contributed by atoms with van der Waals surface area (Å²) < 4.78 is 0. The van der Waals surface area contributed by atoms with E-state index in [1.807, 2.05) is 32.0 Å². The molecular formula is C13H15ClN4OS. The molecule has 1 heterocycles. The molecule has 3 N–H and O–H groups in total. The highest BCUT2D eigenvalue weighted by molar-refractivity contribution is 7.18. The molecule has 1 aromatic heterocycles. The van der Waals surface area contributed by atoms with Crippen LogP contribution in [0.15, 0.2) is 18.2 Å². The number of hydrogen-bond donors (Lipinski definition) is 2. The van der Waals surface area contributed by atoms with E-state index in [-0.39, 0.29) is 11.7 Å². The summed E-state index contributed by atoms with van der Waals surface area (Å²) in [5.41, 5.74) is 7.38. The standard InChI is InChI=1S/C13H15ClN4OS/c1-7-4-5-8(14)6-9(7)16-12(19)10-11(15)17-13(20-10)18(2)3/h4-6H,15H2,1-3H3,(H,16,19). The van der Waals surface area contributed by atoms with Gasteiger partial charge in [-0.05, 0) is 24.6 Å². The molecule has 0 aliphatic carbocycles. The summed E-state index contributed by atoms with van der Waals surface area (Å²) in [5.74, 6) is -0.0469. The molecular weight excluding hydrogens is 296 g/mol. The summed E-state index contributed by atoms with van der Waals surface area (Å²) in [4.78, 5) is 18.6. The molecule has 2 aromatic rings. The summed E-state index contributed by atoms with van der Waals surface area (Å²) >= 11 is 7.18. The zero-order valence-electron chi connectivity index (χ0n) is 11.4. The SMILES string of the molecule is Cc1ccc(Cl)cc1NC(=O)c1sc(N(C)C)nc1N. The Morgan fingerprint density at radius 1 is 1.45 bits per heavy atom. The smallest absolute Gasteiger partial charge is 0.269 e. The third-order valence-electron chi connectivity index (χ3n) is 2.68. The zero-order valence-corrected chi connectivity index (χ0v) is 13.0. The lowest BCUT2D eigenvalue weighted by Crippen LogP contribution is -2.13. The number of nitrogens with zero attached hydrogens (tertiary/aromatic N) is 2. The number of hydrogen-bond acceptors (Lipinski definition) is 5. The molecule has 1 amide bonds. The van der Waals surface area contributed by atoms with Gasteiger partial charge in [-0.15, -0.1) is 0 Å². The van der Waals surface area contributed by atoms with E-state index >= 15 is 0 Å². The van der Waals surface area contributed by atoms with Crippen molar-refractivity contribution in [3.8, 4) is 0 Å². The lowest BCUT2D eigenvalue weighted by Gasteiger charge is -2.08. The first-order valence-electron chi connectivity index (χ1n) is 5.89. The Balaban J connectivity index is 2.26. The minimum atomic E-state index is -0.279. The highest BCUT2D eigenvalue weighted by Gasteiger charge is 2.17. The first kappa shape index (κ1) is 14.6. The lowest BCUT2D eigenvalue weighted by molar-refractivity contribution is 0.103. The quantitative estimate of drug-likeness (QED) is 0.914. The van der Waals surface area contributed by atoms with Crippen LogP contribution in [-0.4, -0.2) is 25.0 Å². The first-order valence-corrected chi connectivity index (χ1v) is 7.09. The number of halogens is 1. The second-order valence-corrected chi connectivity index (χ2v) is 5.93. The number of benzene rings is 1. The maximum atomic E-state index is 12.3. The molecule has 0 fully saturated rings. The van der Waals surface area contributed by atoms with Gasteiger partial charge in [-0.25, -0.2) is 4.98 Å². The number of nitrogen functional groups attached to an aromatic ring is 1. The minimum Gasteiger partial charge on any atom is -0.382 e. The van der Waals surface area contributed by atoms with E-state index < -0.39 is 0 Å². The van der Waals surface area contributed by atoms with E-state index in [0.29, 0.717) is 20.7 Å². The fraction of sp³-hybridized carbons (Fsp3) is 0.231. The van der Waals surface area contributed by atoms with Gasteiger partial charge in [0.05, 0.1) is 0 Å². The van der Waals surface area contributed by atoms with Crippen LogP contribution in [0.4, 0.5) is 16.6 Å². The van der Waals surface area contributed by atoms with Crippen molar-refractivity contribution in [2.45, 2.75) is 6.92 Å². The second kappa shape index (κ2) is 5.68. The van der Waals surface area contributed by atoms with Crippen LogP contribution in [0.25, 0.3) is 0 Å². The van der Waals surface area contributed by atoms with Crippen molar-refractivity contribution in [1.82, 2.24) is 4.98 Å². The predicted molar refractivity (Wildman–Crippen MR) is 85.0 cm³/mol. The largest absolute Gasteiger partial charge is 0.382 e. The van der Waals surface area contributed by atoms with E-state index in [1.54, 1.807) is 12.1 Å². The van der Waals surface area contributed by atoms with Crippen molar-refractivity contribution in [1.29, 1.82) is 0 Å². The summed E-state index contributed by atoms with van der Waals surface area (Å²) in [6, 6.07) is 5.33. The summed E-state index contributed by atoms with van der Waals surface area (Å²) in [7, 11) is 3.70. The van der Waals surface area contributed by atoms with Gasteiger partial charge < -0.3 is 16.0 Å². The van der Waals surface area contributed by atoms with Crippen LogP contribution in [0.5, 0.6) is 0 Å². The number of aryl methyl sites for hydroxylation is 1. The predicted octanol–water partition coefficient (Wildman–Crippen LogP) is 3.01. The molecule has 0 bridgehead atoms. The molecule has 106 valence electrons. The fourth-order valence-corrected chi connectivity index (χ4v) is 2.56. The first-order chi connectivity index (χ1) is 9.38. The third kappa shape index (κ3) is 3.02. The molecule has 0 saturated heterocycles. The maximum Gasteiger partial charge on any atom is 0.269 e. The number of nitrogens with two attached hydrogens (primary N) is 1. The zero-order chi connectivity index (χ0) is 14.9. The summed E-state index contributed by atoms with van der Waals surface area (Å²) in [6.07, 6.45) is 0. The van der Waals surface area contributed by atoms with Crippen molar-refractivity contribution >= 4 is 45.5 Å². The topological polar surface area (TPSA) is 71.2 Å². The molecule has 0 unspecified atom stereocenters. The van der Waals surface area contributed by atoms with Crippen molar-refractivity contribution in [3.05, 3.63) is 33.7 Å². The number of amides is 1. The number of nitrogens with one attached hydrogen (secondary N) is 1. The molecule has 0 aliphatic heterocycles. The van der Waals surface area contributed by atoms with Crippen molar-refractivity contribution in [3.63, 3.8) is 0 Å². The average molecular weight is 311 g/mol. The van der Waals surface area contributed by atoms with Gasteiger partial charge >= 0.3 is 0 Å². The van der Waals surface area contributed by atoms with Crippen molar-refractivity contribution in [2.75, 3.05) is 30.0 Å². The molecule has 7 heteroatoms. The number of rotatable bonds is 3. The van der Waals surface area contributed by atoms with Crippen LogP contribution < -0.4 is 16.0 Å². The lowest BCUT2D eigenvalue weighted by atomic mass is 10.2. The number of carbonyl (C=O) groups excluding carboxylic acids is 1.